The van der Waals surface area contributed by atoms with Gasteiger partial charge in [0.15, 0.2) is 5.83 Å². The lowest BCUT2D eigenvalue weighted by molar-refractivity contribution is 0.140. The molecule has 0 unspecified atom stereocenters. The molecule has 0 aromatic carbocycles. The van der Waals surface area contributed by atoms with E-state index in [9.17, 15) is 4.39 Å². The highest BCUT2D eigenvalue weighted by Crippen LogP contribution is 2.43. The second-order valence-electron chi connectivity index (χ2n) is 9.40. The maximum Gasteiger partial charge on any atom is 0.199 e. The number of rotatable bonds is 11. The molecule has 2 rings (SSSR count). The molecule has 2 aliphatic rings. The smallest absolute Gasteiger partial charge is 0.195 e. The summed E-state index contributed by atoms with van der Waals surface area (Å²) in [5.74, 6) is 3.18. The topological polar surface area (TPSA) is 23.8 Å². The molecule has 0 heterocycles. The average Bonchev–Trinajstić information content (AvgIpc) is 2.74. The Kier molecular flexibility index (Phi) is 11.6. The predicted molar refractivity (Wildman–Crippen MR) is 117 cm³/mol. The van der Waals surface area contributed by atoms with Crippen LogP contribution in [0.5, 0.6) is 0 Å². The number of hydrogen-bond acceptors (Lipinski definition) is 1. The van der Waals surface area contributed by atoms with Crippen molar-refractivity contribution >= 4 is 0 Å². The zero-order valence-corrected chi connectivity index (χ0v) is 18.2. The van der Waals surface area contributed by atoms with Crippen LogP contribution in [0.1, 0.15) is 110 Å². The third-order valence-electron chi connectivity index (χ3n) is 7.39. The van der Waals surface area contributed by atoms with Crippen LogP contribution >= 0.6 is 0 Å². The van der Waals surface area contributed by atoms with Gasteiger partial charge in [-0.05, 0) is 68.3 Å². The summed E-state index contributed by atoms with van der Waals surface area (Å²) in [6.45, 7) is 2.30. The Bertz CT molecular complexity index is 499. The molecule has 0 radical (unpaired) electrons. The zero-order chi connectivity index (χ0) is 20.0. The van der Waals surface area contributed by atoms with Gasteiger partial charge in [0.25, 0.3) is 0 Å². The van der Waals surface area contributed by atoms with Crippen LogP contribution in [-0.4, -0.2) is 0 Å². The van der Waals surface area contributed by atoms with Gasteiger partial charge < -0.3 is 0 Å². The quantitative estimate of drug-likeness (QED) is 0.197. The van der Waals surface area contributed by atoms with Gasteiger partial charge in [-0.2, -0.15) is 9.65 Å². The van der Waals surface area contributed by atoms with Crippen molar-refractivity contribution < 1.29 is 4.39 Å². The molecule has 1 nitrogen and oxygen atoms in total. The van der Waals surface area contributed by atoms with Gasteiger partial charge in [-0.1, -0.05) is 83.3 Å². The molecule has 0 amide bonds. The highest BCUT2D eigenvalue weighted by Gasteiger charge is 2.30. The number of nitriles is 1. The Balaban J connectivity index is 1.55. The van der Waals surface area contributed by atoms with E-state index < -0.39 is 5.83 Å². The van der Waals surface area contributed by atoms with Crippen LogP contribution in [0.15, 0.2) is 24.1 Å². The van der Waals surface area contributed by atoms with Crippen molar-refractivity contribution in [3.05, 3.63) is 24.1 Å². The van der Waals surface area contributed by atoms with Gasteiger partial charge in [-0.15, -0.1) is 0 Å². The molecule has 0 atom stereocenters. The maximum atomic E-state index is 12.7. The third-order valence-corrected chi connectivity index (χ3v) is 7.39. The Labute approximate surface area is 173 Å². The summed E-state index contributed by atoms with van der Waals surface area (Å²) in [6, 6.07) is 1.50. The van der Waals surface area contributed by atoms with Gasteiger partial charge >= 0.3 is 0 Å². The lowest BCUT2D eigenvalue weighted by Gasteiger charge is -2.38. The Hall–Kier alpha value is -1.10. The first kappa shape index (κ1) is 23.2. The third kappa shape index (κ3) is 8.93. The van der Waals surface area contributed by atoms with Crippen LogP contribution in [0.25, 0.3) is 0 Å². The Morgan fingerprint density at radius 1 is 0.857 bits per heavy atom. The molecule has 0 aromatic heterocycles. The van der Waals surface area contributed by atoms with Gasteiger partial charge in [0.1, 0.15) is 6.07 Å². The van der Waals surface area contributed by atoms with E-state index in [1.807, 2.05) is 6.08 Å². The molecule has 2 heteroatoms. The normalized spacial score (nSPS) is 29.1. The summed E-state index contributed by atoms with van der Waals surface area (Å²) in [6.07, 6.45) is 27.4. The molecule has 2 saturated carbocycles. The number of unbranched alkanes of at least 4 members (excludes halogenated alkanes) is 4. The van der Waals surface area contributed by atoms with E-state index in [-0.39, 0.29) is 0 Å². The van der Waals surface area contributed by atoms with Gasteiger partial charge in [0.2, 0.25) is 0 Å². The summed E-state index contributed by atoms with van der Waals surface area (Å²) in [5, 5.41) is 8.38. The van der Waals surface area contributed by atoms with Crippen molar-refractivity contribution in [1.29, 1.82) is 5.26 Å². The van der Waals surface area contributed by atoms with Crippen LogP contribution in [0, 0.1) is 35.0 Å². The van der Waals surface area contributed by atoms with Crippen molar-refractivity contribution in [3.63, 3.8) is 0 Å². The van der Waals surface area contributed by atoms with Crippen LogP contribution in [-0.2, 0) is 0 Å². The fourth-order valence-corrected chi connectivity index (χ4v) is 5.55. The van der Waals surface area contributed by atoms with E-state index >= 15 is 0 Å². The van der Waals surface area contributed by atoms with E-state index in [4.69, 9.17) is 5.26 Å². The SMILES string of the molecule is CCCCCCCC1CCC(C2CCC(CC/C=C/C=C(\F)C#N)CC2)CC1. The zero-order valence-electron chi connectivity index (χ0n) is 18.2. The van der Waals surface area contributed by atoms with Gasteiger partial charge in [-0.3, -0.25) is 0 Å². The molecule has 2 aliphatic carbocycles. The van der Waals surface area contributed by atoms with Crippen molar-refractivity contribution in [2.24, 2.45) is 23.7 Å². The molecular weight excluding hydrogens is 345 g/mol. The first-order valence-corrected chi connectivity index (χ1v) is 12.1. The number of hydrogen-bond donors (Lipinski definition) is 0. The number of halogens is 1. The molecule has 0 bridgehead atoms. The van der Waals surface area contributed by atoms with E-state index in [0.717, 1.165) is 30.1 Å². The summed E-state index contributed by atoms with van der Waals surface area (Å²) < 4.78 is 12.7. The maximum absolute atomic E-state index is 12.7. The molecule has 2 fully saturated rings. The lowest BCUT2D eigenvalue weighted by Crippen LogP contribution is -2.25. The van der Waals surface area contributed by atoms with E-state index in [1.165, 1.54) is 108 Å². The highest BCUT2D eigenvalue weighted by atomic mass is 19.1. The summed E-state index contributed by atoms with van der Waals surface area (Å²) in [7, 11) is 0. The van der Waals surface area contributed by atoms with Crippen molar-refractivity contribution in [2.75, 3.05) is 0 Å². The molecule has 0 spiro atoms. The monoisotopic (exact) mass is 387 g/mol. The largest absolute Gasteiger partial charge is 0.199 e. The van der Waals surface area contributed by atoms with Crippen molar-refractivity contribution in [2.45, 2.75) is 110 Å². The minimum atomic E-state index is -0.706. The second-order valence-corrected chi connectivity index (χ2v) is 9.40. The van der Waals surface area contributed by atoms with E-state index in [2.05, 4.69) is 6.92 Å². The summed E-state index contributed by atoms with van der Waals surface area (Å²) >= 11 is 0. The van der Waals surface area contributed by atoms with Gasteiger partial charge in [0.05, 0.1) is 0 Å². The van der Waals surface area contributed by atoms with E-state index in [1.54, 1.807) is 6.08 Å². The van der Waals surface area contributed by atoms with Crippen LogP contribution in [0.2, 0.25) is 0 Å². The Morgan fingerprint density at radius 3 is 2.00 bits per heavy atom. The molecule has 0 aliphatic heterocycles. The summed E-state index contributed by atoms with van der Waals surface area (Å²) in [5.41, 5.74) is 0. The van der Waals surface area contributed by atoms with E-state index in [0.29, 0.717) is 0 Å². The van der Waals surface area contributed by atoms with Crippen LogP contribution in [0.3, 0.4) is 0 Å². The fraction of sp³-hybridized carbons (Fsp3) is 0.808. The van der Waals surface area contributed by atoms with Crippen LogP contribution in [0.4, 0.5) is 4.39 Å². The second kappa shape index (κ2) is 14.0. The minimum absolute atomic E-state index is 0.706. The molecular formula is C26H42FN. The molecule has 158 valence electrons. The number of allylic oxidation sites excluding steroid dienone is 4. The van der Waals surface area contributed by atoms with Crippen LogP contribution < -0.4 is 0 Å². The van der Waals surface area contributed by atoms with Gasteiger partial charge in [-0.25, -0.2) is 0 Å². The molecule has 0 saturated heterocycles. The minimum Gasteiger partial charge on any atom is -0.195 e. The molecule has 28 heavy (non-hydrogen) atoms. The Morgan fingerprint density at radius 2 is 1.43 bits per heavy atom. The molecule has 0 aromatic rings. The van der Waals surface area contributed by atoms with Crippen molar-refractivity contribution in [3.8, 4) is 6.07 Å². The number of nitrogens with zero attached hydrogens (tertiary/aromatic N) is 1. The average molecular weight is 388 g/mol. The van der Waals surface area contributed by atoms with Gasteiger partial charge in [0, 0.05) is 0 Å². The fourth-order valence-electron chi connectivity index (χ4n) is 5.55. The standard InChI is InChI=1S/C26H42FN/c1-2-3-4-5-7-10-22-13-17-24(18-14-22)25-19-15-23(16-20-25)11-8-6-9-12-26(27)21-28/h6,9,12,22-25H,2-5,7-8,10-11,13-20H2,1H3/b9-6+,26-12-. The molecule has 0 N–H and O–H groups in total. The summed E-state index contributed by atoms with van der Waals surface area (Å²) in [4.78, 5) is 0. The lowest BCUT2D eigenvalue weighted by atomic mass is 9.68. The first-order valence-electron chi connectivity index (χ1n) is 12.1. The van der Waals surface area contributed by atoms with Crippen molar-refractivity contribution in [1.82, 2.24) is 0 Å². The predicted octanol–water partition coefficient (Wildman–Crippen LogP) is 8.67. The first-order chi connectivity index (χ1) is 13.7. The highest BCUT2D eigenvalue weighted by molar-refractivity contribution is 5.18.